The second kappa shape index (κ2) is 7.32. The van der Waals surface area contributed by atoms with Gasteiger partial charge < -0.3 is 9.64 Å². The van der Waals surface area contributed by atoms with Crippen LogP contribution in [0.4, 0.5) is 0 Å². The SMILES string of the molecule is CC(Oc1cc(Br)ccc1Cl)C(=O)N1CCCCCC1. The summed E-state index contributed by atoms with van der Waals surface area (Å²) in [6.45, 7) is 3.45. The number of rotatable bonds is 3. The second-order valence-corrected chi connectivity index (χ2v) is 6.40. The normalized spacial score (nSPS) is 17.4. The van der Waals surface area contributed by atoms with E-state index in [1.54, 1.807) is 19.1 Å². The summed E-state index contributed by atoms with van der Waals surface area (Å²) in [4.78, 5) is 14.3. The molecule has 1 aromatic rings. The number of benzene rings is 1. The first-order chi connectivity index (χ1) is 9.58. The zero-order valence-electron chi connectivity index (χ0n) is 11.6. The van der Waals surface area contributed by atoms with Gasteiger partial charge in [-0.05, 0) is 38.0 Å². The van der Waals surface area contributed by atoms with Crippen molar-refractivity contribution in [3.05, 3.63) is 27.7 Å². The fourth-order valence-electron chi connectivity index (χ4n) is 2.36. The van der Waals surface area contributed by atoms with Crippen molar-refractivity contribution in [2.75, 3.05) is 13.1 Å². The molecule has 20 heavy (non-hydrogen) atoms. The number of halogens is 2. The Kier molecular flexibility index (Phi) is 5.73. The summed E-state index contributed by atoms with van der Waals surface area (Å²) in [6, 6.07) is 5.38. The number of hydrogen-bond donors (Lipinski definition) is 0. The van der Waals surface area contributed by atoms with Crippen LogP contribution in [0.25, 0.3) is 0 Å². The van der Waals surface area contributed by atoms with Gasteiger partial charge in [-0.2, -0.15) is 0 Å². The number of likely N-dealkylation sites (tertiary alicyclic amines) is 1. The third-order valence-electron chi connectivity index (χ3n) is 3.46. The topological polar surface area (TPSA) is 29.5 Å². The highest BCUT2D eigenvalue weighted by Crippen LogP contribution is 2.29. The largest absolute Gasteiger partial charge is 0.479 e. The van der Waals surface area contributed by atoms with Gasteiger partial charge in [0.05, 0.1) is 5.02 Å². The van der Waals surface area contributed by atoms with Crippen molar-refractivity contribution in [2.45, 2.75) is 38.7 Å². The van der Waals surface area contributed by atoms with E-state index in [0.29, 0.717) is 10.8 Å². The van der Waals surface area contributed by atoms with Crippen LogP contribution in [0.5, 0.6) is 5.75 Å². The van der Waals surface area contributed by atoms with Gasteiger partial charge >= 0.3 is 0 Å². The molecule has 1 saturated heterocycles. The van der Waals surface area contributed by atoms with Gasteiger partial charge in [-0.25, -0.2) is 0 Å². The zero-order valence-corrected chi connectivity index (χ0v) is 13.9. The smallest absolute Gasteiger partial charge is 0.263 e. The van der Waals surface area contributed by atoms with Gasteiger partial charge in [0.25, 0.3) is 5.91 Å². The monoisotopic (exact) mass is 359 g/mol. The van der Waals surface area contributed by atoms with Gasteiger partial charge in [-0.3, -0.25) is 4.79 Å². The van der Waals surface area contributed by atoms with Crippen LogP contribution in [0.3, 0.4) is 0 Å². The molecule has 0 saturated carbocycles. The molecule has 110 valence electrons. The Morgan fingerprint density at radius 2 is 1.95 bits per heavy atom. The minimum Gasteiger partial charge on any atom is -0.479 e. The molecule has 0 bridgehead atoms. The first kappa shape index (κ1) is 15.6. The molecule has 0 aromatic heterocycles. The molecule has 1 fully saturated rings. The van der Waals surface area contributed by atoms with Crippen molar-refractivity contribution < 1.29 is 9.53 Å². The van der Waals surface area contributed by atoms with Crippen molar-refractivity contribution in [3.8, 4) is 5.75 Å². The third kappa shape index (κ3) is 4.13. The summed E-state index contributed by atoms with van der Waals surface area (Å²) in [6.07, 6.45) is 4.05. The lowest BCUT2D eigenvalue weighted by Crippen LogP contribution is -2.41. The van der Waals surface area contributed by atoms with Gasteiger partial charge in [0, 0.05) is 17.6 Å². The van der Waals surface area contributed by atoms with E-state index in [1.165, 1.54) is 12.8 Å². The zero-order chi connectivity index (χ0) is 14.5. The first-order valence-corrected chi connectivity index (χ1v) is 8.15. The van der Waals surface area contributed by atoms with E-state index in [-0.39, 0.29) is 5.91 Å². The van der Waals surface area contributed by atoms with Gasteiger partial charge in [0.15, 0.2) is 6.10 Å². The summed E-state index contributed by atoms with van der Waals surface area (Å²) >= 11 is 9.46. The lowest BCUT2D eigenvalue weighted by molar-refractivity contribution is -0.137. The highest BCUT2D eigenvalue weighted by molar-refractivity contribution is 9.10. The van der Waals surface area contributed by atoms with E-state index in [9.17, 15) is 4.79 Å². The Hall–Kier alpha value is -0.740. The summed E-state index contributed by atoms with van der Waals surface area (Å²) < 4.78 is 6.61. The molecule has 1 unspecified atom stereocenters. The number of nitrogens with zero attached hydrogens (tertiary/aromatic N) is 1. The Labute approximate surface area is 133 Å². The Balaban J connectivity index is 2.01. The number of ether oxygens (including phenoxy) is 1. The van der Waals surface area contributed by atoms with Gasteiger partial charge in [0.2, 0.25) is 0 Å². The van der Waals surface area contributed by atoms with Crippen molar-refractivity contribution in [3.63, 3.8) is 0 Å². The lowest BCUT2D eigenvalue weighted by atomic mass is 10.2. The molecule has 1 aliphatic heterocycles. The van der Waals surface area contributed by atoms with E-state index in [0.717, 1.165) is 30.4 Å². The molecule has 1 atom stereocenters. The first-order valence-electron chi connectivity index (χ1n) is 6.98. The molecular weight excluding hydrogens is 342 g/mol. The predicted octanol–water partition coefficient (Wildman–Crippen LogP) is 4.27. The minimum absolute atomic E-state index is 0.0444. The quantitative estimate of drug-likeness (QED) is 0.805. The molecule has 0 spiro atoms. The summed E-state index contributed by atoms with van der Waals surface area (Å²) in [5, 5.41) is 0.517. The number of hydrogen-bond acceptors (Lipinski definition) is 2. The average Bonchev–Trinajstić information content (AvgIpc) is 2.71. The molecule has 0 N–H and O–H groups in total. The molecule has 5 heteroatoms. The van der Waals surface area contributed by atoms with Crippen molar-refractivity contribution in [1.29, 1.82) is 0 Å². The van der Waals surface area contributed by atoms with Gasteiger partial charge in [-0.15, -0.1) is 0 Å². The lowest BCUT2D eigenvalue weighted by Gasteiger charge is -2.24. The van der Waals surface area contributed by atoms with Gasteiger partial charge in [0.1, 0.15) is 5.75 Å². The Morgan fingerprint density at radius 3 is 2.60 bits per heavy atom. The summed E-state index contributed by atoms with van der Waals surface area (Å²) in [5.74, 6) is 0.583. The Morgan fingerprint density at radius 1 is 1.30 bits per heavy atom. The van der Waals surface area contributed by atoms with Crippen molar-refractivity contribution in [1.82, 2.24) is 4.90 Å². The highest BCUT2D eigenvalue weighted by Gasteiger charge is 2.23. The predicted molar refractivity (Wildman–Crippen MR) is 84.3 cm³/mol. The molecule has 3 nitrogen and oxygen atoms in total. The molecule has 1 aliphatic rings. The number of amides is 1. The third-order valence-corrected chi connectivity index (χ3v) is 4.27. The second-order valence-electron chi connectivity index (χ2n) is 5.07. The molecular formula is C15H19BrClNO2. The molecule has 1 amide bonds. The maximum atomic E-state index is 12.4. The minimum atomic E-state index is -0.514. The van der Waals surface area contributed by atoms with Crippen LogP contribution in [0.1, 0.15) is 32.6 Å². The van der Waals surface area contributed by atoms with Crippen LogP contribution >= 0.6 is 27.5 Å². The maximum Gasteiger partial charge on any atom is 0.263 e. The fourth-order valence-corrected chi connectivity index (χ4v) is 2.86. The van der Waals surface area contributed by atoms with Crippen LogP contribution in [-0.4, -0.2) is 30.0 Å². The van der Waals surface area contributed by atoms with Crippen LogP contribution in [0.2, 0.25) is 5.02 Å². The van der Waals surface area contributed by atoms with Crippen molar-refractivity contribution >= 4 is 33.4 Å². The average molecular weight is 361 g/mol. The van der Waals surface area contributed by atoms with Crippen molar-refractivity contribution in [2.24, 2.45) is 0 Å². The van der Waals surface area contributed by atoms with E-state index in [2.05, 4.69) is 15.9 Å². The number of carbonyl (C=O) groups is 1. The molecule has 0 radical (unpaired) electrons. The van der Waals surface area contributed by atoms with Crippen LogP contribution < -0.4 is 4.74 Å². The molecule has 1 heterocycles. The highest BCUT2D eigenvalue weighted by atomic mass is 79.9. The summed E-state index contributed by atoms with van der Waals surface area (Å²) in [5.41, 5.74) is 0. The molecule has 2 rings (SSSR count). The Bertz CT molecular complexity index is 473. The fraction of sp³-hybridized carbons (Fsp3) is 0.533. The van der Waals surface area contributed by atoms with Gasteiger partial charge in [-0.1, -0.05) is 40.4 Å². The van der Waals surface area contributed by atoms with E-state index >= 15 is 0 Å². The number of carbonyl (C=O) groups excluding carboxylic acids is 1. The van der Waals surface area contributed by atoms with Crippen LogP contribution in [0, 0.1) is 0 Å². The standard InChI is InChI=1S/C15H19BrClNO2/c1-11(15(19)18-8-4-2-3-5-9-18)20-14-10-12(16)6-7-13(14)17/h6-7,10-11H,2-5,8-9H2,1H3. The van der Waals surface area contributed by atoms with E-state index in [4.69, 9.17) is 16.3 Å². The molecule has 0 aliphatic carbocycles. The van der Waals surface area contributed by atoms with E-state index < -0.39 is 6.10 Å². The van der Waals surface area contributed by atoms with Crippen LogP contribution in [0.15, 0.2) is 22.7 Å². The summed E-state index contributed by atoms with van der Waals surface area (Å²) in [7, 11) is 0. The maximum absolute atomic E-state index is 12.4. The molecule has 1 aromatic carbocycles. The van der Waals surface area contributed by atoms with E-state index in [1.807, 2.05) is 11.0 Å². The van der Waals surface area contributed by atoms with Crippen LogP contribution in [-0.2, 0) is 4.79 Å².